The van der Waals surface area contributed by atoms with Crippen LogP contribution >= 0.6 is 11.3 Å². The number of hydrogen-bond acceptors (Lipinski definition) is 6. The van der Waals surface area contributed by atoms with Gasteiger partial charge in [0.25, 0.3) is 15.9 Å². The van der Waals surface area contributed by atoms with Crippen molar-refractivity contribution in [3.05, 3.63) is 71.6 Å². The number of hydrogen-bond donors (Lipinski definition) is 1. The highest BCUT2D eigenvalue weighted by atomic mass is 32.2. The molecule has 1 N–H and O–H groups in total. The highest BCUT2D eigenvalue weighted by Gasteiger charge is 2.20. The van der Waals surface area contributed by atoms with Gasteiger partial charge in [0.05, 0.1) is 10.6 Å². The Morgan fingerprint density at radius 3 is 2.48 bits per heavy atom. The van der Waals surface area contributed by atoms with Crippen molar-refractivity contribution < 1.29 is 12.9 Å². The molecular formula is C19H15N3O3S2. The van der Waals surface area contributed by atoms with E-state index < -0.39 is 10.0 Å². The number of nitrogens with one attached hydrogen (secondary N) is 1. The number of anilines is 1. The van der Waals surface area contributed by atoms with Crippen LogP contribution in [0.3, 0.4) is 0 Å². The Morgan fingerprint density at radius 2 is 1.74 bits per heavy atom. The lowest BCUT2D eigenvalue weighted by molar-refractivity contribution is 0.433. The minimum absolute atomic E-state index is 0.195. The van der Waals surface area contributed by atoms with Gasteiger partial charge in [-0.25, -0.2) is 8.42 Å². The Labute approximate surface area is 160 Å². The lowest BCUT2D eigenvalue weighted by Crippen LogP contribution is -2.12. The van der Waals surface area contributed by atoms with Crippen molar-refractivity contribution in [1.82, 2.24) is 10.1 Å². The molecule has 0 aliphatic carbocycles. The molecule has 0 aliphatic rings. The monoisotopic (exact) mass is 397 g/mol. The van der Waals surface area contributed by atoms with Crippen molar-refractivity contribution in [2.24, 2.45) is 0 Å². The summed E-state index contributed by atoms with van der Waals surface area (Å²) < 4.78 is 33.3. The summed E-state index contributed by atoms with van der Waals surface area (Å²) >= 11 is 1.33. The van der Waals surface area contributed by atoms with E-state index in [1.807, 2.05) is 37.3 Å². The van der Waals surface area contributed by atoms with E-state index in [1.165, 1.54) is 11.3 Å². The Bertz CT molecular complexity index is 1160. The zero-order valence-electron chi connectivity index (χ0n) is 14.3. The van der Waals surface area contributed by atoms with Crippen LogP contribution < -0.4 is 4.72 Å². The summed E-state index contributed by atoms with van der Waals surface area (Å²) in [6.07, 6.45) is 0. The van der Waals surface area contributed by atoms with Crippen LogP contribution in [-0.4, -0.2) is 18.6 Å². The Balaban J connectivity index is 1.64. The van der Waals surface area contributed by atoms with Crippen LogP contribution in [0.2, 0.25) is 0 Å². The first kappa shape index (κ1) is 17.4. The van der Waals surface area contributed by atoms with Gasteiger partial charge in [-0.15, -0.1) is 11.3 Å². The van der Waals surface area contributed by atoms with E-state index >= 15 is 0 Å². The average Bonchev–Trinajstić information content (AvgIpc) is 3.31. The van der Waals surface area contributed by atoms with E-state index in [9.17, 15) is 8.42 Å². The number of sulfonamides is 1. The molecule has 6 nitrogen and oxygen atoms in total. The molecule has 27 heavy (non-hydrogen) atoms. The summed E-state index contributed by atoms with van der Waals surface area (Å²) in [6, 6.07) is 17.8. The Hall–Kier alpha value is -2.97. The highest BCUT2D eigenvalue weighted by Crippen LogP contribution is 2.35. The lowest BCUT2D eigenvalue weighted by atomic mass is 10.2. The molecule has 0 radical (unpaired) electrons. The van der Waals surface area contributed by atoms with Gasteiger partial charge in [-0.1, -0.05) is 53.2 Å². The van der Waals surface area contributed by atoms with E-state index in [1.54, 1.807) is 35.7 Å². The molecule has 4 aromatic rings. The molecule has 0 bridgehead atoms. The third-order valence-corrected chi connectivity index (χ3v) is 6.18. The first-order valence-corrected chi connectivity index (χ1v) is 10.5. The van der Waals surface area contributed by atoms with Gasteiger partial charge in [0.15, 0.2) is 0 Å². The van der Waals surface area contributed by atoms with Crippen LogP contribution in [0.25, 0.3) is 22.2 Å². The molecule has 8 heteroatoms. The zero-order valence-corrected chi connectivity index (χ0v) is 15.9. The topological polar surface area (TPSA) is 85.1 Å². The van der Waals surface area contributed by atoms with Crippen molar-refractivity contribution in [3.63, 3.8) is 0 Å². The molecule has 2 aromatic heterocycles. The Kier molecular flexibility index (Phi) is 4.51. The number of nitrogens with zero attached hydrogens (tertiary/aromatic N) is 2. The number of thiophene rings is 1. The van der Waals surface area contributed by atoms with Crippen molar-refractivity contribution in [2.45, 2.75) is 11.8 Å². The lowest BCUT2D eigenvalue weighted by Gasteiger charge is -2.07. The molecule has 0 amide bonds. The first-order chi connectivity index (χ1) is 13.0. The Morgan fingerprint density at radius 1 is 1.00 bits per heavy atom. The summed E-state index contributed by atoms with van der Waals surface area (Å²) in [4.78, 5) is 5.16. The molecule has 0 atom stereocenters. The highest BCUT2D eigenvalue weighted by molar-refractivity contribution is 7.92. The maximum atomic E-state index is 12.6. The van der Waals surface area contributed by atoms with Gasteiger partial charge in [-0.2, -0.15) is 4.98 Å². The molecule has 0 unspecified atom stereocenters. The summed E-state index contributed by atoms with van der Waals surface area (Å²) in [6.45, 7) is 1.90. The molecule has 0 saturated heterocycles. The van der Waals surface area contributed by atoms with Gasteiger partial charge in [0, 0.05) is 5.56 Å². The minimum Gasteiger partial charge on any atom is -0.333 e. The standard InChI is InChI=1S/C19H15N3O3S2/c1-13-7-9-15(10-8-13)27(23,24)22-16-11-12-26-17(16)19-20-18(21-25-19)14-5-3-2-4-6-14/h2-12,22H,1H3. The van der Waals surface area contributed by atoms with Crippen LogP contribution in [0.4, 0.5) is 5.69 Å². The van der Waals surface area contributed by atoms with Crippen molar-refractivity contribution >= 4 is 27.0 Å². The normalized spacial score (nSPS) is 11.4. The molecule has 0 spiro atoms. The number of aryl methyl sites for hydroxylation is 1. The van der Waals surface area contributed by atoms with E-state index in [0.717, 1.165) is 11.1 Å². The minimum atomic E-state index is -3.71. The SMILES string of the molecule is Cc1ccc(S(=O)(=O)Nc2ccsc2-c2nc(-c3ccccc3)no2)cc1. The predicted molar refractivity (Wildman–Crippen MR) is 105 cm³/mol. The average molecular weight is 397 g/mol. The largest absolute Gasteiger partial charge is 0.333 e. The van der Waals surface area contributed by atoms with E-state index in [2.05, 4.69) is 14.9 Å². The van der Waals surface area contributed by atoms with Gasteiger partial charge >= 0.3 is 0 Å². The van der Waals surface area contributed by atoms with Crippen LogP contribution in [0.1, 0.15) is 5.56 Å². The molecule has 2 aromatic carbocycles. The van der Waals surface area contributed by atoms with E-state index in [-0.39, 0.29) is 10.8 Å². The number of rotatable bonds is 5. The van der Waals surface area contributed by atoms with Gasteiger partial charge in [-0.3, -0.25) is 4.72 Å². The fourth-order valence-corrected chi connectivity index (χ4v) is 4.40. The van der Waals surface area contributed by atoms with Gasteiger partial charge in [0.2, 0.25) is 5.82 Å². The molecule has 0 fully saturated rings. The third-order valence-electron chi connectivity index (χ3n) is 3.89. The maximum absolute atomic E-state index is 12.6. The molecule has 0 saturated carbocycles. The van der Waals surface area contributed by atoms with Gasteiger partial charge < -0.3 is 4.52 Å². The summed E-state index contributed by atoms with van der Waals surface area (Å²) in [5.74, 6) is 0.719. The second-order valence-corrected chi connectivity index (χ2v) is 8.47. The molecule has 2 heterocycles. The predicted octanol–water partition coefficient (Wildman–Crippen LogP) is 4.57. The van der Waals surface area contributed by atoms with Gasteiger partial charge in [-0.05, 0) is 30.5 Å². The van der Waals surface area contributed by atoms with Crippen LogP contribution in [-0.2, 0) is 10.0 Å². The number of benzene rings is 2. The zero-order chi connectivity index (χ0) is 18.9. The van der Waals surface area contributed by atoms with Gasteiger partial charge in [0.1, 0.15) is 4.88 Å². The van der Waals surface area contributed by atoms with Crippen molar-refractivity contribution in [3.8, 4) is 22.2 Å². The van der Waals surface area contributed by atoms with Crippen LogP contribution in [0.15, 0.2) is 75.5 Å². The number of aromatic nitrogens is 2. The summed E-state index contributed by atoms with van der Waals surface area (Å²) in [7, 11) is -3.71. The van der Waals surface area contributed by atoms with Crippen molar-refractivity contribution in [1.29, 1.82) is 0 Å². The maximum Gasteiger partial charge on any atom is 0.270 e. The molecule has 4 rings (SSSR count). The van der Waals surface area contributed by atoms with E-state index in [0.29, 0.717) is 16.4 Å². The summed E-state index contributed by atoms with van der Waals surface area (Å²) in [5.41, 5.74) is 2.22. The molecular weight excluding hydrogens is 382 g/mol. The third kappa shape index (κ3) is 3.62. The second-order valence-electron chi connectivity index (χ2n) is 5.87. The summed E-state index contributed by atoms with van der Waals surface area (Å²) in [5, 5.41) is 5.76. The van der Waals surface area contributed by atoms with E-state index in [4.69, 9.17) is 4.52 Å². The fraction of sp³-hybridized carbons (Fsp3) is 0.0526. The van der Waals surface area contributed by atoms with Crippen LogP contribution in [0.5, 0.6) is 0 Å². The fourth-order valence-electron chi connectivity index (χ4n) is 2.50. The molecule has 136 valence electrons. The second kappa shape index (κ2) is 6.98. The smallest absolute Gasteiger partial charge is 0.270 e. The first-order valence-electron chi connectivity index (χ1n) is 8.09. The van der Waals surface area contributed by atoms with Crippen LogP contribution in [0, 0.1) is 6.92 Å². The quantitative estimate of drug-likeness (QED) is 0.533. The van der Waals surface area contributed by atoms with Crippen molar-refractivity contribution in [2.75, 3.05) is 4.72 Å². The molecule has 0 aliphatic heterocycles.